The van der Waals surface area contributed by atoms with Crippen molar-refractivity contribution in [3.8, 4) is 0 Å². The van der Waals surface area contributed by atoms with E-state index < -0.39 is 6.04 Å². The Kier molecular flexibility index (Phi) is 7.09. The largest absolute Gasteiger partial charge is 0.369 e. The van der Waals surface area contributed by atoms with Gasteiger partial charge in [0.25, 0.3) is 11.8 Å². The highest BCUT2D eigenvalue weighted by atomic mass is 16.2. The van der Waals surface area contributed by atoms with E-state index in [2.05, 4.69) is 27.2 Å². The van der Waals surface area contributed by atoms with Crippen LogP contribution in [0.3, 0.4) is 0 Å². The number of hydrogen-bond donors (Lipinski definition) is 1. The van der Waals surface area contributed by atoms with Crippen LogP contribution < -0.4 is 10.2 Å². The number of rotatable bonds is 8. The highest BCUT2D eigenvalue weighted by molar-refractivity contribution is 6.21. The Morgan fingerprint density at radius 1 is 0.750 bits per heavy atom. The number of benzene rings is 3. The molecule has 5 rings (SSSR count). The number of amides is 3. The number of para-hydroxylation sites is 1. The molecule has 1 saturated heterocycles. The van der Waals surface area contributed by atoms with E-state index in [-0.39, 0.29) is 24.3 Å². The third kappa shape index (κ3) is 5.02. The summed E-state index contributed by atoms with van der Waals surface area (Å²) in [5, 5.41) is 3.07. The van der Waals surface area contributed by atoms with E-state index >= 15 is 0 Å². The Labute approximate surface area is 211 Å². The predicted molar refractivity (Wildman–Crippen MR) is 139 cm³/mol. The minimum absolute atomic E-state index is 0.0800. The molecule has 1 fully saturated rings. The molecule has 3 amide bonds. The molecule has 2 aliphatic rings. The lowest BCUT2D eigenvalue weighted by molar-refractivity contribution is -0.127. The van der Waals surface area contributed by atoms with Gasteiger partial charge in [-0.3, -0.25) is 24.2 Å². The first-order valence-electron chi connectivity index (χ1n) is 12.4. The van der Waals surface area contributed by atoms with Crippen molar-refractivity contribution in [2.45, 2.75) is 19.0 Å². The van der Waals surface area contributed by atoms with Gasteiger partial charge in [-0.05, 0) is 36.2 Å². The number of anilines is 1. The smallest absolute Gasteiger partial charge is 0.261 e. The molecule has 7 nitrogen and oxygen atoms in total. The molecule has 0 aliphatic carbocycles. The predicted octanol–water partition coefficient (Wildman–Crippen LogP) is 3.18. The van der Waals surface area contributed by atoms with Gasteiger partial charge in [-0.2, -0.15) is 0 Å². The maximum Gasteiger partial charge on any atom is 0.261 e. The number of nitrogens with one attached hydrogen (secondary N) is 1. The van der Waals surface area contributed by atoms with Crippen molar-refractivity contribution in [2.24, 2.45) is 0 Å². The zero-order valence-corrected chi connectivity index (χ0v) is 20.2. The summed E-state index contributed by atoms with van der Waals surface area (Å²) in [6.45, 7) is 3.70. The summed E-state index contributed by atoms with van der Waals surface area (Å²) in [6.07, 6.45) is 0.386. The van der Waals surface area contributed by atoms with Crippen LogP contribution in [-0.4, -0.2) is 66.3 Å². The summed E-state index contributed by atoms with van der Waals surface area (Å²) in [4.78, 5) is 44.9. The molecule has 0 spiro atoms. The zero-order valence-electron chi connectivity index (χ0n) is 20.2. The lowest BCUT2D eigenvalue weighted by Gasteiger charge is -2.40. The maximum atomic E-state index is 13.4. The maximum absolute atomic E-state index is 13.4. The Morgan fingerprint density at radius 2 is 1.31 bits per heavy atom. The summed E-state index contributed by atoms with van der Waals surface area (Å²) >= 11 is 0. The molecular formula is C29H30N4O3. The van der Waals surface area contributed by atoms with Crippen molar-refractivity contribution in [1.82, 2.24) is 15.1 Å². The van der Waals surface area contributed by atoms with Crippen LogP contribution in [0.4, 0.5) is 5.69 Å². The van der Waals surface area contributed by atoms with Gasteiger partial charge in [-0.1, -0.05) is 60.7 Å². The first-order valence-corrected chi connectivity index (χ1v) is 12.4. The van der Waals surface area contributed by atoms with Crippen LogP contribution in [0, 0.1) is 0 Å². The Hall–Kier alpha value is -3.97. The molecule has 2 heterocycles. The van der Waals surface area contributed by atoms with Crippen molar-refractivity contribution in [3.05, 3.63) is 102 Å². The number of carbonyl (C=O) groups is 3. The highest BCUT2D eigenvalue weighted by Gasteiger charge is 2.37. The van der Waals surface area contributed by atoms with Gasteiger partial charge in [0.15, 0.2) is 0 Å². The second-order valence-electron chi connectivity index (χ2n) is 9.17. The Morgan fingerprint density at radius 3 is 1.92 bits per heavy atom. The van der Waals surface area contributed by atoms with Crippen LogP contribution in [0.5, 0.6) is 0 Å². The molecule has 3 aromatic carbocycles. The lowest BCUT2D eigenvalue weighted by atomic mass is 10.1. The van der Waals surface area contributed by atoms with Gasteiger partial charge in [0, 0.05) is 45.0 Å². The van der Waals surface area contributed by atoms with Crippen molar-refractivity contribution >= 4 is 23.4 Å². The van der Waals surface area contributed by atoms with Crippen molar-refractivity contribution in [2.75, 3.05) is 37.6 Å². The second kappa shape index (κ2) is 10.7. The van der Waals surface area contributed by atoms with Crippen molar-refractivity contribution in [3.63, 3.8) is 0 Å². The molecule has 184 valence electrons. The van der Waals surface area contributed by atoms with Gasteiger partial charge in [-0.15, -0.1) is 0 Å². The third-order valence-electron chi connectivity index (χ3n) is 6.99. The van der Waals surface area contributed by atoms with E-state index in [0.29, 0.717) is 24.1 Å². The fourth-order valence-corrected chi connectivity index (χ4v) is 5.01. The molecule has 1 N–H and O–H groups in total. The topological polar surface area (TPSA) is 73.0 Å². The molecular weight excluding hydrogens is 452 g/mol. The Balaban J connectivity index is 1.27. The zero-order chi connectivity index (χ0) is 24.9. The van der Waals surface area contributed by atoms with E-state index in [4.69, 9.17) is 0 Å². The average molecular weight is 483 g/mol. The normalized spacial score (nSPS) is 16.7. The second-order valence-corrected chi connectivity index (χ2v) is 9.17. The van der Waals surface area contributed by atoms with Crippen LogP contribution in [-0.2, 0) is 11.3 Å². The number of piperazine rings is 1. The summed E-state index contributed by atoms with van der Waals surface area (Å²) in [7, 11) is 0. The Bertz CT molecular complexity index is 1190. The minimum Gasteiger partial charge on any atom is -0.369 e. The van der Waals surface area contributed by atoms with Crippen LogP contribution in [0.2, 0.25) is 0 Å². The summed E-state index contributed by atoms with van der Waals surface area (Å²) in [6, 6.07) is 26.5. The first-order chi connectivity index (χ1) is 17.6. The van der Waals surface area contributed by atoms with Gasteiger partial charge in [0.05, 0.1) is 17.2 Å². The average Bonchev–Trinajstić information content (AvgIpc) is 3.18. The SMILES string of the molecule is O=C(NCc1ccccc1)C(CCN1C(=O)c2ccccc2C1=O)N1CCN(c2ccccc2)CC1. The van der Waals surface area contributed by atoms with Crippen molar-refractivity contribution in [1.29, 1.82) is 0 Å². The van der Waals surface area contributed by atoms with E-state index in [1.54, 1.807) is 24.3 Å². The molecule has 0 radical (unpaired) electrons. The molecule has 2 aliphatic heterocycles. The van der Waals surface area contributed by atoms with Crippen LogP contribution >= 0.6 is 0 Å². The monoisotopic (exact) mass is 482 g/mol. The van der Waals surface area contributed by atoms with Gasteiger partial charge < -0.3 is 10.2 Å². The van der Waals surface area contributed by atoms with E-state index in [9.17, 15) is 14.4 Å². The quantitative estimate of drug-likeness (QED) is 0.500. The fourth-order valence-electron chi connectivity index (χ4n) is 5.01. The minimum atomic E-state index is -0.434. The number of imide groups is 1. The number of nitrogens with zero attached hydrogens (tertiary/aromatic N) is 3. The third-order valence-corrected chi connectivity index (χ3v) is 6.99. The van der Waals surface area contributed by atoms with E-state index in [1.165, 1.54) is 10.6 Å². The van der Waals surface area contributed by atoms with Gasteiger partial charge in [0.2, 0.25) is 5.91 Å². The molecule has 0 bridgehead atoms. The first kappa shape index (κ1) is 23.8. The molecule has 3 aromatic rings. The molecule has 0 aromatic heterocycles. The van der Waals surface area contributed by atoms with Gasteiger partial charge >= 0.3 is 0 Å². The molecule has 1 unspecified atom stereocenters. The lowest BCUT2D eigenvalue weighted by Crippen LogP contribution is -2.55. The number of carbonyl (C=O) groups excluding carboxylic acids is 3. The summed E-state index contributed by atoms with van der Waals surface area (Å²) in [5.74, 6) is -0.649. The van der Waals surface area contributed by atoms with Gasteiger partial charge in [-0.25, -0.2) is 0 Å². The number of hydrogen-bond acceptors (Lipinski definition) is 5. The summed E-state index contributed by atoms with van der Waals surface area (Å²) in [5.41, 5.74) is 3.07. The van der Waals surface area contributed by atoms with Crippen LogP contribution in [0.15, 0.2) is 84.9 Å². The van der Waals surface area contributed by atoms with E-state index in [0.717, 1.165) is 31.7 Å². The summed E-state index contributed by atoms with van der Waals surface area (Å²) < 4.78 is 0. The standard InChI is InChI=1S/C29H30N4O3/c34-27(30-21-22-9-3-1-4-10-22)26(32-19-17-31(18-20-32)23-11-5-2-6-12-23)15-16-33-28(35)24-13-7-8-14-25(24)29(33)36/h1-14,26H,15-21H2,(H,30,34). The van der Waals surface area contributed by atoms with E-state index in [1.807, 2.05) is 48.5 Å². The highest BCUT2D eigenvalue weighted by Crippen LogP contribution is 2.24. The fraction of sp³-hybridized carbons (Fsp3) is 0.276. The molecule has 0 saturated carbocycles. The number of fused-ring (bicyclic) bond motifs is 1. The molecule has 1 atom stereocenters. The van der Waals surface area contributed by atoms with Crippen molar-refractivity contribution < 1.29 is 14.4 Å². The molecule has 7 heteroatoms. The molecule has 36 heavy (non-hydrogen) atoms. The van der Waals surface area contributed by atoms with Crippen LogP contribution in [0.1, 0.15) is 32.7 Å². The van der Waals surface area contributed by atoms with Gasteiger partial charge in [0.1, 0.15) is 0 Å². The van der Waals surface area contributed by atoms with Crippen LogP contribution in [0.25, 0.3) is 0 Å².